The minimum Gasteiger partial charge on any atom is -0.497 e. The van der Waals surface area contributed by atoms with Gasteiger partial charge in [-0.15, -0.1) is 0 Å². The highest BCUT2D eigenvalue weighted by Gasteiger charge is 2.23. The van der Waals surface area contributed by atoms with Crippen molar-refractivity contribution in [3.63, 3.8) is 0 Å². The number of hydrogen-bond acceptors (Lipinski definition) is 7. The van der Waals surface area contributed by atoms with Crippen LogP contribution >= 0.6 is 0 Å². The predicted octanol–water partition coefficient (Wildman–Crippen LogP) is 2.87. The first kappa shape index (κ1) is 21.6. The molecule has 1 aromatic carbocycles. The summed E-state index contributed by atoms with van der Waals surface area (Å²) in [6.07, 6.45) is 2.34. The number of cyclic esters (lactones) is 1. The largest absolute Gasteiger partial charge is 0.497 e. The smallest absolute Gasteiger partial charge is 0.338 e. The van der Waals surface area contributed by atoms with E-state index in [1.165, 1.54) is 14.2 Å². The molecule has 0 unspecified atom stereocenters. The monoisotopic (exact) mass is 390 g/mol. The van der Waals surface area contributed by atoms with Crippen molar-refractivity contribution in [3.8, 4) is 5.75 Å². The van der Waals surface area contributed by atoms with Gasteiger partial charge in [0.15, 0.2) is 0 Å². The number of rotatable bonds is 4. The first-order valence-electron chi connectivity index (χ1n) is 9.17. The summed E-state index contributed by atoms with van der Waals surface area (Å²) in [4.78, 5) is 36.7. The summed E-state index contributed by atoms with van der Waals surface area (Å²) < 4.78 is 21.2. The van der Waals surface area contributed by atoms with Gasteiger partial charge in [0.1, 0.15) is 23.7 Å². The molecule has 0 N–H and O–H groups in total. The maximum atomic E-state index is 12.4. The van der Waals surface area contributed by atoms with Crippen LogP contribution in [-0.2, 0) is 23.8 Å². The lowest BCUT2D eigenvalue weighted by molar-refractivity contribution is -0.151. The Bertz CT molecular complexity index is 708. The van der Waals surface area contributed by atoms with Gasteiger partial charge in [0, 0.05) is 26.4 Å². The van der Waals surface area contributed by atoms with Crippen molar-refractivity contribution < 1.29 is 33.3 Å². The maximum Gasteiger partial charge on any atom is 0.338 e. The molecular formula is C21H26O7. The summed E-state index contributed by atoms with van der Waals surface area (Å²) >= 11 is 0. The van der Waals surface area contributed by atoms with Gasteiger partial charge < -0.3 is 18.9 Å². The van der Waals surface area contributed by atoms with Crippen molar-refractivity contribution >= 4 is 17.7 Å². The summed E-state index contributed by atoms with van der Waals surface area (Å²) in [5.41, 5.74) is 0.334. The van der Waals surface area contributed by atoms with E-state index in [1.807, 2.05) is 0 Å². The molecule has 1 aromatic rings. The molecular weight excluding hydrogens is 364 g/mol. The third-order valence-corrected chi connectivity index (χ3v) is 4.36. The Hall–Kier alpha value is -2.67. The fourth-order valence-corrected chi connectivity index (χ4v) is 2.89. The molecule has 0 saturated heterocycles. The Kier molecular flexibility index (Phi) is 8.19. The van der Waals surface area contributed by atoms with Crippen LogP contribution < -0.4 is 4.74 Å². The van der Waals surface area contributed by atoms with Gasteiger partial charge in [0.25, 0.3) is 0 Å². The second-order valence-electron chi connectivity index (χ2n) is 6.65. The van der Waals surface area contributed by atoms with E-state index in [1.54, 1.807) is 43.3 Å². The number of ether oxygens (including phenoxy) is 4. The van der Waals surface area contributed by atoms with Crippen LogP contribution in [0.15, 0.2) is 36.4 Å². The summed E-state index contributed by atoms with van der Waals surface area (Å²) in [5.74, 6) is -0.433. The minimum atomic E-state index is -0.820. The van der Waals surface area contributed by atoms with Gasteiger partial charge in [0.05, 0.1) is 25.2 Å². The number of ketones is 1. The Morgan fingerprint density at radius 2 is 1.82 bits per heavy atom. The van der Waals surface area contributed by atoms with Gasteiger partial charge in [-0.1, -0.05) is 6.08 Å². The molecule has 152 valence electrons. The number of carbonyl (C=O) groups is 3. The summed E-state index contributed by atoms with van der Waals surface area (Å²) in [6.45, 7) is 1.74. The van der Waals surface area contributed by atoms with Crippen LogP contribution in [0.3, 0.4) is 0 Å². The molecule has 2 rings (SSSR count). The number of Topliss-reactive ketones (excluding diaryl/α,β-unsaturated/α-hetero) is 1. The van der Waals surface area contributed by atoms with E-state index in [2.05, 4.69) is 0 Å². The van der Waals surface area contributed by atoms with E-state index in [9.17, 15) is 14.4 Å². The highest BCUT2D eigenvalue weighted by atomic mass is 16.6. The highest BCUT2D eigenvalue weighted by molar-refractivity contribution is 5.90. The van der Waals surface area contributed by atoms with Crippen LogP contribution in [0.25, 0.3) is 0 Å². The van der Waals surface area contributed by atoms with Crippen molar-refractivity contribution in [2.45, 2.75) is 50.9 Å². The Morgan fingerprint density at radius 1 is 1.11 bits per heavy atom. The molecule has 0 radical (unpaired) electrons. The number of esters is 2. The van der Waals surface area contributed by atoms with Crippen LogP contribution in [0.4, 0.5) is 0 Å². The fourth-order valence-electron chi connectivity index (χ4n) is 2.89. The third-order valence-electron chi connectivity index (χ3n) is 4.36. The molecule has 0 bridgehead atoms. The second kappa shape index (κ2) is 10.6. The molecule has 0 spiro atoms. The molecule has 7 heteroatoms. The number of benzene rings is 1. The normalized spacial score (nSPS) is 25.0. The summed E-state index contributed by atoms with van der Waals surface area (Å²) in [5, 5.41) is 0. The van der Waals surface area contributed by atoms with Gasteiger partial charge in [-0.25, -0.2) is 4.79 Å². The van der Waals surface area contributed by atoms with Gasteiger partial charge in [-0.3, -0.25) is 9.59 Å². The van der Waals surface area contributed by atoms with E-state index in [0.29, 0.717) is 17.7 Å². The quantitative estimate of drug-likeness (QED) is 0.577. The molecule has 0 aromatic heterocycles. The molecule has 0 amide bonds. The lowest BCUT2D eigenvalue weighted by Crippen LogP contribution is -2.28. The topological polar surface area (TPSA) is 88.1 Å². The van der Waals surface area contributed by atoms with Crippen molar-refractivity contribution in [2.75, 3.05) is 14.2 Å². The lowest BCUT2D eigenvalue weighted by atomic mass is 10.0. The Morgan fingerprint density at radius 3 is 2.46 bits per heavy atom. The zero-order chi connectivity index (χ0) is 20.5. The molecule has 0 aliphatic carbocycles. The number of allylic oxidation sites excluding steroid dienone is 1. The average Bonchev–Trinajstić information content (AvgIpc) is 2.66. The van der Waals surface area contributed by atoms with Gasteiger partial charge in [0.2, 0.25) is 0 Å². The molecule has 28 heavy (non-hydrogen) atoms. The van der Waals surface area contributed by atoms with Gasteiger partial charge in [-0.05, 0) is 37.3 Å². The van der Waals surface area contributed by atoms with Crippen molar-refractivity contribution in [3.05, 3.63) is 42.0 Å². The molecule has 1 aliphatic heterocycles. The van der Waals surface area contributed by atoms with E-state index in [-0.39, 0.29) is 31.1 Å². The van der Waals surface area contributed by atoms with E-state index in [4.69, 9.17) is 18.9 Å². The van der Waals surface area contributed by atoms with Crippen molar-refractivity contribution in [1.82, 2.24) is 0 Å². The van der Waals surface area contributed by atoms with Crippen LogP contribution in [0.2, 0.25) is 0 Å². The Labute approximate surface area is 164 Å². The standard InChI is InChI=1S/C21H26O7/c1-14-11-19(26-3)12-16(22)5-4-6-18(13-20(23)27-14)28-21(24)15-7-9-17(25-2)10-8-15/h4,6-10,14,18-19H,5,11-13H2,1-3H3/b6-4+/t14-,18-,19-/m1/s1. The lowest BCUT2D eigenvalue weighted by Gasteiger charge is -2.21. The Balaban J connectivity index is 2.09. The first-order valence-corrected chi connectivity index (χ1v) is 9.17. The first-order chi connectivity index (χ1) is 13.4. The second-order valence-corrected chi connectivity index (χ2v) is 6.65. The van der Waals surface area contributed by atoms with Crippen LogP contribution in [0, 0.1) is 0 Å². The van der Waals surface area contributed by atoms with Crippen molar-refractivity contribution in [1.29, 1.82) is 0 Å². The van der Waals surface area contributed by atoms with Crippen LogP contribution in [0.1, 0.15) is 43.0 Å². The van der Waals surface area contributed by atoms with E-state index >= 15 is 0 Å². The van der Waals surface area contributed by atoms with Crippen LogP contribution in [-0.4, -0.2) is 50.3 Å². The van der Waals surface area contributed by atoms with Crippen LogP contribution in [0.5, 0.6) is 5.75 Å². The fraction of sp³-hybridized carbons (Fsp3) is 0.476. The van der Waals surface area contributed by atoms with E-state index in [0.717, 1.165) is 0 Å². The number of methoxy groups -OCH3 is 2. The van der Waals surface area contributed by atoms with Gasteiger partial charge in [-0.2, -0.15) is 0 Å². The molecule has 0 saturated carbocycles. The average molecular weight is 390 g/mol. The predicted molar refractivity (Wildman–Crippen MR) is 101 cm³/mol. The van der Waals surface area contributed by atoms with Gasteiger partial charge >= 0.3 is 11.9 Å². The van der Waals surface area contributed by atoms with E-state index < -0.39 is 24.1 Å². The molecule has 3 atom stereocenters. The molecule has 7 nitrogen and oxygen atoms in total. The zero-order valence-electron chi connectivity index (χ0n) is 16.4. The number of carbonyl (C=O) groups excluding carboxylic acids is 3. The summed E-state index contributed by atoms with van der Waals surface area (Å²) in [6, 6.07) is 6.45. The number of hydrogen-bond donors (Lipinski definition) is 0. The molecule has 1 heterocycles. The SMILES string of the molecule is COc1ccc(C(=O)O[C@@H]2/C=C/CC(=O)C[C@H](OC)C[C@@H](C)OC(=O)C2)cc1. The molecule has 1 aliphatic rings. The maximum absolute atomic E-state index is 12.4. The zero-order valence-corrected chi connectivity index (χ0v) is 16.4. The van der Waals surface area contributed by atoms with Crippen molar-refractivity contribution in [2.24, 2.45) is 0 Å². The minimum absolute atomic E-state index is 0.00225. The molecule has 0 fully saturated rings. The highest BCUT2D eigenvalue weighted by Crippen LogP contribution is 2.17. The summed E-state index contributed by atoms with van der Waals surface area (Å²) in [7, 11) is 3.06. The third kappa shape index (κ3) is 6.81.